The summed E-state index contributed by atoms with van der Waals surface area (Å²) >= 11 is 1.96. The van der Waals surface area contributed by atoms with Crippen LogP contribution in [0.2, 0.25) is 0 Å². The molecule has 0 aromatic heterocycles. The van der Waals surface area contributed by atoms with Crippen LogP contribution in [0.15, 0.2) is 29.2 Å². The molecule has 0 bridgehead atoms. The highest BCUT2D eigenvalue weighted by Gasteiger charge is 2.05. The summed E-state index contributed by atoms with van der Waals surface area (Å²) in [5.74, 6) is 0. The van der Waals surface area contributed by atoms with Gasteiger partial charge in [-0.15, -0.1) is 0 Å². The Hall–Kier alpha value is -0.340. The van der Waals surface area contributed by atoms with Crippen LogP contribution in [0.4, 0.5) is 5.69 Å². The van der Waals surface area contributed by atoms with E-state index < -0.39 is 10.0 Å². The van der Waals surface area contributed by atoms with Gasteiger partial charge in [0.15, 0.2) is 0 Å². The second-order valence-corrected chi connectivity index (χ2v) is 4.26. The van der Waals surface area contributed by atoms with Crippen molar-refractivity contribution >= 4 is 38.6 Å². The predicted molar refractivity (Wildman–Crippen MR) is 55.5 cm³/mol. The molecule has 0 radical (unpaired) electrons. The number of anilines is 1. The zero-order valence-corrected chi connectivity index (χ0v) is 8.96. The third kappa shape index (κ3) is 2.32. The summed E-state index contributed by atoms with van der Waals surface area (Å²) < 4.78 is 24.4. The topological polar surface area (TPSA) is 72.2 Å². The number of primary sulfonamides is 1. The zero-order chi connectivity index (χ0) is 9.19. The zero-order valence-electron chi connectivity index (χ0n) is 5.99. The van der Waals surface area contributed by atoms with E-state index in [9.17, 15) is 8.42 Å². The van der Waals surface area contributed by atoms with Crippen molar-refractivity contribution in [2.75, 3.05) is 3.53 Å². The first-order chi connectivity index (χ1) is 5.54. The Labute approximate surface area is 84.7 Å². The van der Waals surface area contributed by atoms with Gasteiger partial charge in [-0.05, 0) is 24.3 Å². The molecule has 0 aliphatic carbocycles. The monoisotopic (exact) mass is 298 g/mol. The fraction of sp³-hybridized carbons (Fsp3) is 0. The molecule has 0 atom stereocenters. The van der Waals surface area contributed by atoms with E-state index in [-0.39, 0.29) is 4.90 Å². The van der Waals surface area contributed by atoms with Crippen molar-refractivity contribution in [3.05, 3.63) is 24.3 Å². The fourth-order valence-electron chi connectivity index (χ4n) is 0.708. The lowest BCUT2D eigenvalue weighted by atomic mass is 10.3. The van der Waals surface area contributed by atoms with Crippen molar-refractivity contribution in [3.8, 4) is 0 Å². The van der Waals surface area contributed by atoms with Crippen LogP contribution in [0.5, 0.6) is 0 Å². The van der Waals surface area contributed by atoms with Crippen LogP contribution >= 0.6 is 22.9 Å². The van der Waals surface area contributed by atoms with Crippen molar-refractivity contribution in [2.24, 2.45) is 5.14 Å². The summed E-state index contributed by atoms with van der Waals surface area (Å²) in [6.45, 7) is 0. The van der Waals surface area contributed by atoms with Gasteiger partial charge < -0.3 is 3.53 Å². The first-order valence-electron chi connectivity index (χ1n) is 3.03. The minimum atomic E-state index is -3.56. The fourth-order valence-corrected chi connectivity index (χ4v) is 1.58. The Morgan fingerprint density at radius 1 is 1.25 bits per heavy atom. The number of hydrogen-bond donors (Lipinski definition) is 2. The van der Waals surface area contributed by atoms with E-state index >= 15 is 0 Å². The molecule has 0 amide bonds. The van der Waals surface area contributed by atoms with Crippen molar-refractivity contribution in [3.63, 3.8) is 0 Å². The van der Waals surface area contributed by atoms with Crippen LogP contribution in [0, 0.1) is 0 Å². The molecule has 0 saturated heterocycles. The second-order valence-electron chi connectivity index (χ2n) is 2.16. The van der Waals surface area contributed by atoms with Gasteiger partial charge in [-0.3, -0.25) is 0 Å². The van der Waals surface area contributed by atoms with Crippen molar-refractivity contribution in [1.82, 2.24) is 0 Å². The SMILES string of the molecule is NS(=O)(=O)c1ccc(NI)cc1. The summed E-state index contributed by atoms with van der Waals surface area (Å²) in [5, 5.41) is 4.90. The number of benzene rings is 1. The molecule has 12 heavy (non-hydrogen) atoms. The molecule has 3 N–H and O–H groups in total. The van der Waals surface area contributed by atoms with Crippen LogP contribution in [-0.4, -0.2) is 8.42 Å². The van der Waals surface area contributed by atoms with Crippen LogP contribution in [0.25, 0.3) is 0 Å². The maximum Gasteiger partial charge on any atom is 0.238 e. The van der Waals surface area contributed by atoms with Crippen molar-refractivity contribution < 1.29 is 8.42 Å². The standard InChI is InChI=1S/C6H7IN2O2S/c7-9-5-1-3-6(4-2-5)12(8,10)11/h1-4,9H,(H2,8,10,11). The van der Waals surface area contributed by atoms with Gasteiger partial charge in [-0.1, -0.05) is 0 Å². The molecule has 0 spiro atoms. The molecular weight excluding hydrogens is 291 g/mol. The summed E-state index contributed by atoms with van der Waals surface area (Å²) in [6.07, 6.45) is 0. The Morgan fingerprint density at radius 3 is 2.08 bits per heavy atom. The van der Waals surface area contributed by atoms with Crippen molar-refractivity contribution in [1.29, 1.82) is 0 Å². The van der Waals surface area contributed by atoms with E-state index in [4.69, 9.17) is 5.14 Å². The summed E-state index contributed by atoms with van der Waals surface area (Å²) in [7, 11) is -3.56. The Morgan fingerprint density at radius 2 is 1.75 bits per heavy atom. The maximum absolute atomic E-state index is 10.8. The molecule has 0 aliphatic heterocycles. The molecule has 0 aliphatic rings. The van der Waals surface area contributed by atoms with Gasteiger partial charge >= 0.3 is 0 Å². The largest absolute Gasteiger partial charge is 0.328 e. The molecule has 1 aromatic rings. The number of halogens is 1. The average Bonchev–Trinajstić information content (AvgIpc) is 2.03. The second kappa shape index (κ2) is 3.58. The predicted octanol–water partition coefficient (Wildman–Crippen LogP) is 1.10. The summed E-state index contributed by atoms with van der Waals surface area (Å²) in [6, 6.07) is 6.20. The molecule has 0 fully saturated rings. The lowest BCUT2D eigenvalue weighted by molar-refractivity contribution is 0.598. The molecule has 6 heteroatoms. The molecule has 66 valence electrons. The smallest absolute Gasteiger partial charge is 0.238 e. The highest BCUT2D eigenvalue weighted by Crippen LogP contribution is 2.13. The quantitative estimate of drug-likeness (QED) is 0.634. The average molecular weight is 298 g/mol. The van der Waals surface area contributed by atoms with Gasteiger partial charge in [-0.2, -0.15) is 0 Å². The van der Waals surface area contributed by atoms with E-state index in [1.807, 2.05) is 22.9 Å². The van der Waals surface area contributed by atoms with Gasteiger partial charge in [0.25, 0.3) is 0 Å². The van der Waals surface area contributed by atoms with Crippen LogP contribution < -0.4 is 8.67 Å². The number of hydrogen-bond acceptors (Lipinski definition) is 3. The van der Waals surface area contributed by atoms with E-state index in [1.165, 1.54) is 12.1 Å². The Kier molecular flexibility index (Phi) is 2.91. The minimum Gasteiger partial charge on any atom is -0.328 e. The highest BCUT2D eigenvalue weighted by molar-refractivity contribution is 14.1. The summed E-state index contributed by atoms with van der Waals surface area (Å²) in [4.78, 5) is 0.123. The maximum atomic E-state index is 10.8. The van der Waals surface area contributed by atoms with Gasteiger partial charge in [0.1, 0.15) is 0 Å². The lowest BCUT2D eigenvalue weighted by Crippen LogP contribution is -2.11. The van der Waals surface area contributed by atoms with Gasteiger partial charge in [0.05, 0.1) is 27.8 Å². The van der Waals surface area contributed by atoms with Crippen LogP contribution in [0.3, 0.4) is 0 Å². The molecule has 1 rings (SSSR count). The lowest BCUT2D eigenvalue weighted by Gasteiger charge is -1.99. The molecule has 1 aromatic carbocycles. The van der Waals surface area contributed by atoms with E-state index in [0.717, 1.165) is 5.69 Å². The van der Waals surface area contributed by atoms with Gasteiger partial charge in [0, 0.05) is 5.69 Å². The van der Waals surface area contributed by atoms with Crippen LogP contribution in [-0.2, 0) is 10.0 Å². The normalized spacial score (nSPS) is 11.2. The van der Waals surface area contributed by atoms with E-state index in [0.29, 0.717) is 0 Å². The van der Waals surface area contributed by atoms with Gasteiger partial charge in [-0.25, -0.2) is 13.6 Å². The third-order valence-corrected chi connectivity index (χ3v) is 2.84. The van der Waals surface area contributed by atoms with Crippen molar-refractivity contribution in [2.45, 2.75) is 4.90 Å². The molecule has 0 saturated carbocycles. The molecule has 0 heterocycles. The van der Waals surface area contributed by atoms with Crippen LogP contribution in [0.1, 0.15) is 0 Å². The highest BCUT2D eigenvalue weighted by atomic mass is 127. The molecular formula is C6H7IN2O2S. The van der Waals surface area contributed by atoms with E-state index in [1.54, 1.807) is 12.1 Å². The molecule has 0 unspecified atom stereocenters. The first kappa shape index (κ1) is 9.75. The first-order valence-corrected chi connectivity index (χ1v) is 5.66. The third-order valence-electron chi connectivity index (χ3n) is 1.29. The van der Waals surface area contributed by atoms with Gasteiger partial charge in [0.2, 0.25) is 10.0 Å². The number of nitrogens with two attached hydrogens (primary N) is 1. The Balaban J connectivity index is 3.09. The molecule has 4 nitrogen and oxygen atoms in total. The number of rotatable bonds is 2. The Bertz CT molecular complexity index is 360. The van der Waals surface area contributed by atoms with E-state index in [2.05, 4.69) is 3.53 Å². The number of nitrogens with one attached hydrogen (secondary N) is 1. The minimum absolute atomic E-state index is 0.123. The number of sulfonamides is 1. The summed E-state index contributed by atoms with van der Waals surface area (Å²) in [5.41, 5.74) is 0.836.